The molecule has 28 heavy (non-hydrogen) atoms. The summed E-state index contributed by atoms with van der Waals surface area (Å²) in [7, 11) is 0. The number of hydrogen-bond acceptors (Lipinski definition) is 2. The maximum Gasteiger partial charge on any atom is 0.266 e. The van der Waals surface area contributed by atoms with E-state index in [0.29, 0.717) is 5.69 Å². The maximum absolute atomic E-state index is 12.8. The lowest BCUT2D eigenvalue weighted by Gasteiger charge is -2.10. The summed E-state index contributed by atoms with van der Waals surface area (Å²) in [6.07, 6.45) is 1.69. The van der Waals surface area contributed by atoms with E-state index in [2.05, 4.69) is 17.5 Å². The van der Waals surface area contributed by atoms with Gasteiger partial charge in [0.2, 0.25) is 0 Å². The fraction of sp³-hybridized carbons (Fsp3) is 0.0400. The van der Waals surface area contributed by atoms with Crippen LogP contribution < -0.4 is 5.32 Å². The molecule has 0 heterocycles. The predicted molar refractivity (Wildman–Crippen MR) is 115 cm³/mol. The van der Waals surface area contributed by atoms with Crippen molar-refractivity contribution in [1.29, 1.82) is 5.26 Å². The molecule has 0 atom stereocenters. The van der Waals surface area contributed by atoms with Crippen LogP contribution in [0.5, 0.6) is 0 Å². The molecule has 0 aliphatic rings. The number of aryl methyl sites for hydroxylation is 1. The van der Waals surface area contributed by atoms with E-state index in [4.69, 9.17) is 0 Å². The molecule has 0 bridgehead atoms. The minimum absolute atomic E-state index is 0.0739. The number of carbonyl (C=O) groups excluding carboxylic acids is 1. The van der Waals surface area contributed by atoms with Crippen LogP contribution in [0.3, 0.4) is 0 Å². The second-order valence-electron chi connectivity index (χ2n) is 6.67. The summed E-state index contributed by atoms with van der Waals surface area (Å²) in [5.41, 5.74) is 2.61. The van der Waals surface area contributed by atoms with E-state index < -0.39 is 5.91 Å². The average molecular weight is 362 g/mol. The van der Waals surface area contributed by atoms with Crippen LogP contribution >= 0.6 is 0 Å². The van der Waals surface area contributed by atoms with Crippen molar-refractivity contribution in [3.8, 4) is 6.07 Å². The van der Waals surface area contributed by atoms with Crippen molar-refractivity contribution in [3.63, 3.8) is 0 Å². The first kappa shape index (κ1) is 17.5. The normalized spacial score (nSPS) is 11.4. The van der Waals surface area contributed by atoms with Gasteiger partial charge in [0.1, 0.15) is 11.6 Å². The second kappa shape index (κ2) is 7.38. The molecule has 0 saturated carbocycles. The van der Waals surface area contributed by atoms with Gasteiger partial charge in [-0.3, -0.25) is 4.79 Å². The van der Waals surface area contributed by atoms with Gasteiger partial charge in [0.25, 0.3) is 5.91 Å². The molecule has 4 rings (SSSR count). The number of hydrogen-bond donors (Lipinski definition) is 1. The van der Waals surface area contributed by atoms with Gasteiger partial charge < -0.3 is 5.32 Å². The molecule has 0 aromatic heterocycles. The molecular weight excluding hydrogens is 344 g/mol. The van der Waals surface area contributed by atoms with Gasteiger partial charge in [-0.05, 0) is 57.8 Å². The third-order valence-electron chi connectivity index (χ3n) is 4.86. The van der Waals surface area contributed by atoms with Gasteiger partial charge in [0, 0.05) is 5.69 Å². The molecule has 0 saturated heterocycles. The Kier molecular flexibility index (Phi) is 4.62. The van der Waals surface area contributed by atoms with Gasteiger partial charge in [0.05, 0.1) is 0 Å². The number of benzene rings is 4. The minimum atomic E-state index is -0.409. The molecule has 134 valence electrons. The summed E-state index contributed by atoms with van der Waals surface area (Å²) in [4.78, 5) is 12.8. The number of nitrogens with one attached hydrogen (secondary N) is 1. The lowest BCUT2D eigenvalue weighted by molar-refractivity contribution is -0.112. The van der Waals surface area contributed by atoms with Crippen LogP contribution in [0.2, 0.25) is 0 Å². The molecule has 0 spiro atoms. The third kappa shape index (κ3) is 3.24. The summed E-state index contributed by atoms with van der Waals surface area (Å²) in [5, 5.41) is 16.7. The van der Waals surface area contributed by atoms with Gasteiger partial charge in [-0.25, -0.2) is 0 Å². The molecule has 3 heteroatoms. The summed E-state index contributed by atoms with van der Waals surface area (Å²) in [6, 6.07) is 27.7. The number of para-hydroxylation sites is 1. The van der Waals surface area contributed by atoms with E-state index in [9.17, 15) is 10.1 Å². The van der Waals surface area contributed by atoms with E-state index in [1.54, 1.807) is 6.08 Å². The highest BCUT2D eigenvalue weighted by Crippen LogP contribution is 2.30. The van der Waals surface area contributed by atoms with Crippen LogP contribution in [0.4, 0.5) is 5.69 Å². The Hall–Kier alpha value is -3.90. The maximum atomic E-state index is 12.8. The predicted octanol–water partition coefficient (Wildman–Crippen LogP) is 5.85. The molecule has 0 aliphatic heterocycles. The quantitative estimate of drug-likeness (QED) is 0.282. The average Bonchev–Trinajstić information content (AvgIpc) is 2.72. The van der Waals surface area contributed by atoms with Gasteiger partial charge in [-0.1, -0.05) is 66.7 Å². The zero-order valence-corrected chi connectivity index (χ0v) is 15.4. The second-order valence-corrected chi connectivity index (χ2v) is 6.67. The van der Waals surface area contributed by atoms with Crippen molar-refractivity contribution in [2.45, 2.75) is 6.92 Å². The fourth-order valence-electron chi connectivity index (χ4n) is 3.40. The molecule has 4 aromatic carbocycles. The van der Waals surface area contributed by atoms with Gasteiger partial charge in [-0.15, -0.1) is 0 Å². The highest BCUT2D eigenvalue weighted by molar-refractivity contribution is 6.14. The van der Waals surface area contributed by atoms with Gasteiger partial charge in [-0.2, -0.15) is 5.26 Å². The zero-order valence-electron chi connectivity index (χ0n) is 15.4. The molecule has 3 nitrogen and oxygen atoms in total. The van der Waals surface area contributed by atoms with Gasteiger partial charge >= 0.3 is 0 Å². The van der Waals surface area contributed by atoms with E-state index >= 15 is 0 Å². The van der Waals surface area contributed by atoms with Crippen LogP contribution in [-0.4, -0.2) is 5.91 Å². The minimum Gasteiger partial charge on any atom is -0.321 e. The SMILES string of the molecule is Cc1ccccc1NC(=O)/C(C#N)=C/c1c2ccccc2cc2ccccc12. The van der Waals surface area contributed by atoms with Crippen molar-refractivity contribution < 1.29 is 4.79 Å². The molecule has 4 aromatic rings. The first-order chi connectivity index (χ1) is 13.7. The number of nitriles is 1. The summed E-state index contributed by atoms with van der Waals surface area (Å²) < 4.78 is 0. The molecular formula is C25H18N2O. The molecule has 0 aliphatic carbocycles. The van der Waals surface area contributed by atoms with E-state index in [-0.39, 0.29) is 5.57 Å². The third-order valence-corrected chi connectivity index (χ3v) is 4.86. The zero-order chi connectivity index (χ0) is 19.5. The largest absolute Gasteiger partial charge is 0.321 e. The summed E-state index contributed by atoms with van der Waals surface area (Å²) in [5.74, 6) is -0.409. The van der Waals surface area contributed by atoms with Crippen molar-refractivity contribution in [2.75, 3.05) is 5.32 Å². The monoisotopic (exact) mass is 362 g/mol. The van der Waals surface area contributed by atoms with E-state index in [1.165, 1.54) is 0 Å². The Morgan fingerprint density at radius 2 is 1.46 bits per heavy atom. The number of anilines is 1. The van der Waals surface area contributed by atoms with Crippen molar-refractivity contribution >= 4 is 39.2 Å². The molecule has 0 fully saturated rings. The first-order valence-electron chi connectivity index (χ1n) is 9.06. The molecule has 0 radical (unpaired) electrons. The number of nitrogens with zero attached hydrogens (tertiary/aromatic N) is 1. The van der Waals surface area contributed by atoms with Crippen LogP contribution in [0, 0.1) is 18.3 Å². The Morgan fingerprint density at radius 3 is 2.07 bits per heavy atom. The number of amides is 1. The highest BCUT2D eigenvalue weighted by atomic mass is 16.1. The molecule has 1 N–H and O–H groups in total. The Bertz CT molecular complexity index is 1220. The number of fused-ring (bicyclic) bond motifs is 2. The lowest BCUT2D eigenvalue weighted by atomic mass is 9.95. The first-order valence-corrected chi connectivity index (χ1v) is 9.06. The van der Waals surface area contributed by atoms with Crippen LogP contribution in [0.15, 0.2) is 84.4 Å². The number of carbonyl (C=O) groups is 1. The molecule has 1 amide bonds. The summed E-state index contributed by atoms with van der Waals surface area (Å²) >= 11 is 0. The Morgan fingerprint density at radius 1 is 0.893 bits per heavy atom. The van der Waals surface area contributed by atoms with E-state index in [0.717, 1.165) is 32.7 Å². The Labute approximate surface area is 163 Å². The highest BCUT2D eigenvalue weighted by Gasteiger charge is 2.13. The van der Waals surface area contributed by atoms with Crippen molar-refractivity contribution in [1.82, 2.24) is 0 Å². The standard InChI is InChI=1S/C25H18N2O/c1-17-8-2-7-13-24(17)27-25(28)20(16-26)15-23-21-11-5-3-9-18(21)14-19-10-4-6-12-22(19)23/h2-15H,1H3,(H,27,28)/b20-15+. The molecule has 0 unspecified atom stereocenters. The smallest absolute Gasteiger partial charge is 0.266 e. The van der Waals surface area contributed by atoms with Crippen molar-refractivity contribution in [2.24, 2.45) is 0 Å². The lowest BCUT2D eigenvalue weighted by Crippen LogP contribution is -2.14. The number of rotatable bonds is 3. The van der Waals surface area contributed by atoms with Crippen LogP contribution in [0.1, 0.15) is 11.1 Å². The van der Waals surface area contributed by atoms with Crippen LogP contribution in [0.25, 0.3) is 27.6 Å². The topological polar surface area (TPSA) is 52.9 Å². The van der Waals surface area contributed by atoms with E-state index in [1.807, 2.05) is 79.7 Å². The fourth-order valence-corrected chi connectivity index (χ4v) is 3.40. The summed E-state index contributed by atoms with van der Waals surface area (Å²) in [6.45, 7) is 1.92. The van der Waals surface area contributed by atoms with Crippen LogP contribution in [-0.2, 0) is 4.79 Å². The van der Waals surface area contributed by atoms with Gasteiger partial charge in [0.15, 0.2) is 0 Å². The van der Waals surface area contributed by atoms with Crippen molar-refractivity contribution in [3.05, 3.63) is 95.6 Å². The Balaban J connectivity index is 1.86.